The average Bonchev–Trinajstić information content (AvgIpc) is 2.40. The van der Waals surface area contributed by atoms with Crippen molar-refractivity contribution in [2.75, 3.05) is 0 Å². The Morgan fingerprint density at radius 1 is 1.40 bits per heavy atom. The summed E-state index contributed by atoms with van der Waals surface area (Å²) in [5, 5.41) is 0. The van der Waals surface area contributed by atoms with E-state index in [1.54, 1.807) is 13.8 Å². The molecule has 0 radical (unpaired) electrons. The van der Waals surface area contributed by atoms with Crippen LogP contribution in [0.2, 0.25) is 0 Å². The van der Waals surface area contributed by atoms with Gasteiger partial charge in [0, 0.05) is 6.92 Å². The third kappa shape index (κ3) is 3.36. The second kappa shape index (κ2) is 4.02. The Balaban J connectivity index is 2.66. The van der Waals surface area contributed by atoms with Gasteiger partial charge in [0.1, 0.15) is 0 Å². The molecule has 15 heavy (non-hydrogen) atoms. The average molecular weight is 212 g/mol. The molecule has 0 atom stereocenters. The molecule has 1 aromatic heterocycles. The highest BCUT2D eigenvalue weighted by Crippen LogP contribution is 2.10. The van der Waals surface area contributed by atoms with E-state index in [4.69, 9.17) is 9.25 Å². The number of nitrogens with one attached hydrogen (secondary N) is 1. The minimum Gasteiger partial charge on any atom is -0.435 e. The molecule has 0 fully saturated rings. The number of hydroxylamine groups is 1. The fraction of sp³-hybridized carbons (Fsp3) is 0.600. The van der Waals surface area contributed by atoms with Crippen molar-refractivity contribution in [2.24, 2.45) is 0 Å². The van der Waals surface area contributed by atoms with Gasteiger partial charge in [-0.15, -0.1) is 0 Å². The SMILES string of the molecule is Cc1nc(C)c(C(=O)NOC(C)(C)C)o1. The van der Waals surface area contributed by atoms with Crippen molar-refractivity contribution in [1.29, 1.82) is 0 Å². The molecule has 1 rings (SSSR count). The Morgan fingerprint density at radius 3 is 2.40 bits per heavy atom. The first-order valence-corrected chi connectivity index (χ1v) is 4.72. The van der Waals surface area contributed by atoms with Crippen molar-refractivity contribution in [3.8, 4) is 0 Å². The number of carbonyl (C=O) groups is 1. The fourth-order valence-corrected chi connectivity index (χ4v) is 0.988. The van der Waals surface area contributed by atoms with Crippen LogP contribution >= 0.6 is 0 Å². The predicted octanol–water partition coefficient (Wildman–Crippen LogP) is 1.75. The first-order chi connectivity index (χ1) is 6.79. The molecule has 1 N–H and O–H groups in total. The number of hydrogen-bond donors (Lipinski definition) is 1. The summed E-state index contributed by atoms with van der Waals surface area (Å²) in [4.78, 5) is 20.7. The summed E-state index contributed by atoms with van der Waals surface area (Å²) in [5.74, 6) is 0.244. The number of aromatic nitrogens is 1. The second-order valence-electron chi connectivity index (χ2n) is 4.29. The molecule has 0 aliphatic carbocycles. The molecule has 0 bridgehead atoms. The highest BCUT2D eigenvalue weighted by molar-refractivity contribution is 5.91. The van der Waals surface area contributed by atoms with Crippen molar-refractivity contribution in [2.45, 2.75) is 40.2 Å². The summed E-state index contributed by atoms with van der Waals surface area (Å²) in [6, 6.07) is 0. The van der Waals surface area contributed by atoms with Gasteiger partial charge in [-0.3, -0.25) is 9.63 Å². The van der Waals surface area contributed by atoms with Crippen LogP contribution in [0.15, 0.2) is 4.42 Å². The molecular weight excluding hydrogens is 196 g/mol. The van der Waals surface area contributed by atoms with Gasteiger partial charge in [0.15, 0.2) is 5.89 Å². The maximum absolute atomic E-state index is 11.6. The second-order valence-corrected chi connectivity index (χ2v) is 4.29. The minimum atomic E-state index is -0.432. The third-order valence-electron chi connectivity index (χ3n) is 1.56. The number of oxazole rings is 1. The van der Waals surface area contributed by atoms with E-state index in [0.717, 1.165) is 0 Å². The van der Waals surface area contributed by atoms with E-state index in [-0.39, 0.29) is 5.76 Å². The number of carbonyl (C=O) groups excluding carboxylic acids is 1. The molecule has 0 spiro atoms. The third-order valence-corrected chi connectivity index (χ3v) is 1.56. The van der Waals surface area contributed by atoms with E-state index in [2.05, 4.69) is 10.5 Å². The zero-order valence-corrected chi connectivity index (χ0v) is 9.67. The van der Waals surface area contributed by atoms with Crippen LogP contribution in [-0.4, -0.2) is 16.5 Å². The topological polar surface area (TPSA) is 64.4 Å². The van der Waals surface area contributed by atoms with Crippen LogP contribution in [0.4, 0.5) is 0 Å². The number of nitrogens with zero attached hydrogens (tertiary/aromatic N) is 1. The molecule has 5 nitrogen and oxygen atoms in total. The van der Waals surface area contributed by atoms with E-state index >= 15 is 0 Å². The van der Waals surface area contributed by atoms with Crippen LogP contribution in [0.1, 0.15) is 42.9 Å². The maximum atomic E-state index is 11.6. The van der Waals surface area contributed by atoms with E-state index in [0.29, 0.717) is 11.6 Å². The molecule has 1 heterocycles. The summed E-state index contributed by atoms with van der Waals surface area (Å²) in [5.41, 5.74) is 2.45. The summed E-state index contributed by atoms with van der Waals surface area (Å²) in [6.45, 7) is 8.92. The molecule has 84 valence electrons. The first-order valence-electron chi connectivity index (χ1n) is 4.72. The van der Waals surface area contributed by atoms with Crippen molar-refractivity contribution in [3.63, 3.8) is 0 Å². The van der Waals surface area contributed by atoms with Crippen molar-refractivity contribution in [3.05, 3.63) is 17.3 Å². The van der Waals surface area contributed by atoms with Crippen molar-refractivity contribution in [1.82, 2.24) is 10.5 Å². The molecule has 0 unspecified atom stereocenters. The molecule has 5 heteroatoms. The van der Waals surface area contributed by atoms with Crippen LogP contribution in [0.3, 0.4) is 0 Å². The molecule has 1 aromatic rings. The Kier molecular flexibility index (Phi) is 3.14. The number of amides is 1. The van der Waals surface area contributed by atoms with Gasteiger partial charge in [-0.25, -0.2) is 10.5 Å². The predicted molar refractivity (Wildman–Crippen MR) is 54.3 cm³/mol. The lowest BCUT2D eigenvalue weighted by molar-refractivity contribution is -0.0599. The largest absolute Gasteiger partial charge is 0.435 e. The molecular formula is C10H16N2O3. The standard InChI is InChI=1S/C10H16N2O3/c1-6-8(14-7(2)11-6)9(13)12-15-10(3,4)5/h1-5H3,(H,12,13). The van der Waals surface area contributed by atoms with E-state index in [1.165, 1.54) is 0 Å². The first kappa shape index (κ1) is 11.7. The Hall–Kier alpha value is -1.36. The lowest BCUT2D eigenvalue weighted by atomic mass is 10.2. The van der Waals surface area contributed by atoms with Crippen LogP contribution in [0.25, 0.3) is 0 Å². The lowest BCUT2D eigenvalue weighted by Crippen LogP contribution is -2.33. The van der Waals surface area contributed by atoms with Crippen LogP contribution < -0.4 is 5.48 Å². The normalized spacial score (nSPS) is 11.5. The van der Waals surface area contributed by atoms with Crippen LogP contribution in [-0.2, 0) is 4.84 Å². The summed E-state index contributed by atoms with van der Waals surface area (Å²) >= 11 is 0. The van der Waals surface area contributed by atoms with E-state index in [1.807, 2.05) is 20.8 Å². The van der Waals surface area contributed by atoms with Gasteiger partial charge in [0.25, 0.3) is 0 Å². The van der Waals surface area contributed by atoms with Gasteiger partial charge < -0.3 is 4.42 Å². The van der Waals surface area contributed by atoms with Gasteiger partial charge >= 0.3 is 5.91 Å². The zero-order chi connectivity index (χ0) is 11.6. The fourth-order valence-electron chi connectivity index (χ4n) is 0.988. The van der Waals surface area contributed by atoms with Crippen LogP contribution in [0, 0.1) is 13.8 Å². The van der Waals surface area contributed by atoms with Gasteiger partial charge in [-0.2, -0.15) is 0 Å². The number of rotatable bonds is 2. The van der Waals surface area contributed by atoms with Gasteiger partial charge in [0.2, 0.25) is 5.76 Å². The molecule has 0 saturated carbocycles. The minimum absolute atomic E-state index is 0.191. The quantitative estimate of drug-likeness (QED) is 0.758. The molecule has 1 amide bonds. The summed E-state index contributed by atoms with van der Waals surface area (Å²) in [7, 11) is 0. The zero-order valence-electron chi connectivity index (χ0n) is 9.67. The van der Waals surface area contributed by atoms with E-state index < -0.39 is 11.5 Å². The Morgan fingerprint density at radius 2 is 2.00 bits per heavy atom. The molecule has 0 saturated heterocycles. The Bertz CT molecular complexity index is 363. The monoisotopic (exact) mass is 212 g/mol. The highest BCUT2D eigenvalue weighted by Gasteiger charge is 2.19. The summed E-state index contributed by atoms with van der Waals surface area (Å²) in [6.07, 6.45) is 0. The Labute approximate surface area is 88.8 Å². The lowest BCUT2D eigenvalue weighted by Gasteiger charge is -2.18. The van der Waals surface area contributed by atoms with Crippen LogP contribution in [0.5, 0.6) is 0 Å². The summed E-state index contributed by atoms with van der Waals surface area (Å²) < 4.78 is 5.14. The van der Waals surface area contributed by atoms with Gasteiger partial charge in [-0.05, 0) is 27.7 Å². The molecule has 0 aliphatic rings. The number of hydrogen-bond acceptors (Lipinski definition) is 4. The van der Waals surface area contributed by atoms with Crippen molar-refractivity contribution >= 4 is 5.91 Å². The molecule has 0 aliphatic heterocycles. The van der Waals surface area contributed by atoms with Gasteiger partial charge in [-0.1, -0.05) is 0 Å². The van der Waals surface area contributed by atoms with E-state index in [9.17, 15) is 4.79 Å². The number of aryl methyl sites for hydroxylation is 2. The van der Waals surface area contributed by atoms with Gasteiger partial charge in [0.05, 0.1) is 11.3 Å². The highest BCUT2D eigenvalue weighted by atomic mass is 16.7. The van der Waals surface area contributed by atoms with Crippen molar-refractivity contribution < 1.29 is 14.0 Å². The maximum Gasteiger partial charge on any atom is 0.312 e. The smallest absolute Gasteiger partial charge is 0.312 e. The molecule has 0 aromatic carbocycles.